The lowest BCUT2D eigenvalue weighted by Gasteiger charge is -2.08. The largest absolute Gasteiger partial charge is 0.485 e. The first-order valence-electron chi connectivity index (χ1n) is 5.58. The van der Waals surface area contributed by atoms with Crippen LogP contribution in [-0.4, -0.2) is 5.78 Å². The summed E-state index contributed by atoms with van der Waals surface area (Å²) in [5, 5.41) is 0. The standard InChI is InChI=1S/C14H14O3/c1-2-13(15)12-7-3-4-8-14(12)17-10-11-6-5-9-16-11/h3-9H,2,10H2,1H3. The van der Waals surface area contributed by atoms with Crippen molar-refractivity contribution in [2.24, 2.45) is 0 Å². The van der Waals surface area contributed by atoms with E-state index in [1.54, 1.807) is 18.4 Å². The molecule has 1 aromatic carbocycles. The van der Waals surface area contributed by atoms with Crippen LogP contribution in [0.3, 0.4) is 0 Å². The van der Waals surface area contributed by atoms with Crippen molar-refractivity contribution < 1.29 is 13.9 Å². The maximum atomic E-state index is 11.7. The Morgan fingerprint density at radius 1 is 1.24 bits per heavy atom. The number of carbonyl (C=O) groups excluding carboxylic acids is 1. The Bertz CT molecular complexity index is 486. The third-order valence-electron chi connectivity index (χ3n) is 2.46. The van der Waals surface area contributed by atoms with E-state index in [1.807, 2.05) is 31.2 Å². The summed E-state index contributed by atoms with van der Waals surface area (Å²) in [6.07, 6.45) is 2.07. The molecule has 0 radical (unpaired) electrons. The lowest BCUT2D eigenvalue weighted by atomic mass is 10.1. The van der Waals surface area contributed by atoms with Crippen molar-refractivity contribution >= 4 is 5.78 Å². The molecule has 0 saturated heterocycles. The van der Waals surface area contributed by atoms with Crippen LogP contribution in [-0.2, 0) is 6.61 Å². The molecule has 0 fully saturated rings. The van der Waals surface area contributed by atoms with Gasteiger partial charge < -0.3 is 9.15 Å². The molecule has 0 amide bonds. The van der Waals surface area contributed by atoms with E-state index < -0.39 is 0 Å². The number of rotatable bonds is 5. The molecular weight excluding hydrogens is 216 g/mol. The minimum Gasteiger partial charge on any atom is -0.485 e. The number of hydrogen-bond acceptors (Lipinski definition) is 3. The van der Waals surface area contributed by atoms with Gasteiger partial charge >= 0.3 is 0 Å². The summed E-state index contributed by atoms with van der Waals surface area (Å²) < 4.78 is 10.8. The van der Waals surface area contributed by atoms with Crippen LogP contribution in [0.2, 0.25) is 0 Å². The highest BCUT2D eigenvalue weighted by Crippen LogP contribution is 2.20. The second-order valence-corrected chi connectivity index (χ2v) is 3.64. The second kappa shape index (κ2) is 5.34. The average Bonchev–Trinajstić information content (AvgIpc) is 2.89. The van der Waals surface area contributed by atoms with Crippen LogP contribution in [0.5, 0.6) is 5.75 Å². The number of para-hydroxylation sites is 1. The molecule has 88 valence electrons. The fourth-order valence-electron chi connectivity index (χ4n) is 1.56. The second-order valence-electron chi connectivity index (χ2n) is 3.64. The lowest BCUT2D eigenvalue weighted by Crippen LogP contribution is -2.02. The fraction of sp³-hybridized carbons (Fsp3) is 0.214. The SMILES string of the molecule is CCC(=O)c1ccccc1OCc1ccco1. The van der Waals surface area contributed by atoms with Gasteiger partial charge in [-0.3, -0.25) is 4.79 Å². The molecule has 0 aliphatic heterocycles. The Kier molecular flexibility index (Phi) is 3.60. The molecule has 0 aliphatic carbocycles. The van der Waals surface area contributed by atoms with Gasteiger partial charge in [-0.05, 0) is 24.3 Å². The molecule has 0 unspecified atom stereocenters. The molecule has 3 nitrogen and oxygen atoms in total. The summed E-state index contributed by atoms with van der Waals surface area (Å²) >= 11 is 0. The monoisotopic (exact) mass is 230 g/mol. The van der Waals surface area contributed by atoms with Crippen LogP contribution in [0, 0.1) is 0 Å². The highest BCUT2D eigenvalue weighted by molar-refractivity contribution is 5.98. The molecule has 0 spiro atoms. The van der Waals surface area contributed by atoms with E-state index in [9.17, 15) is 4.79 Å². The summed E-state index contributed by atoms with van der Waals surface area (Å²) in [4.78, 5) is 11.7. The van der Waals surface area contributed by atoms with Crippen LogP contribution >= 0.6 is 0 Å². The van der Waals surface area contributed by atoms with Gasteiger partial charge in [0, 0.05) is 6.42 Å². The maximum Gasteiger partial charge on any atom is 0.166 e. The number of carbonyl (C=O) groups is 1. The Morgan fingerprint density at radius 2 is 2.06 bits per heavy atom. The van der Waals surface area contributed by atoms with Crippen molar-refractivity contribution in [2.75, 3.05) is 0 Å². The Labute approximate surface area is 100 Å². The smallest absolute Gasteiger partial charge is 0.166 e. The predicted molar refractivity (Wildman–Crippen MR) is 64.1 cm³/mol. The quantitative estimate of drug-likeness (QED) is 0.738. The van der Waals surface area contributed by atoms with Crippen LogP contribution in [0.4, 0.5) is 0 Å². The first kappa shape index (κ1) is 11.5. The van der Waals surface area contributed by atoms with Gasteiger partial charge in [0.2, 0.25) is 0 Å². The van der Waals surface area contributed by atoms with E-state index in [4.69, 9.17) is 9.15 Å². The highest BCUT2D eigenvalue weighted by Gasteiger charge is 2.10. The Hall–Kier alpha value is -2.03. The van der Waals surface area contributed by atoms with Crippen molar-refractivity contribution in [3.63, 3.8) is 0 Å². The summed E-state index contributed by atoms with van der Waals surface area (Å²) in [7, 11) is 0. The minimum absolute atomic E-state index is 0.0834. The average molecular weight is 230 g/mol. The summed E-state index contributed by atoms with van der Waals surface area (Å²) in [6, 6.07) is 10.9. The molecule has 2 rings (SSSR count). The van der Waals surface area contributed by atoms with Crippen molar-refractivity contribution in [3.05, 3.63) is 54.0 Å². The van der Waals surface area contributed by atoms with E-state index in [0.29, 0.717) is 24.3 Å². The number of Topliss-reactive ketones (excluding diaryl/α,β-unsaturated/α-hetero) is 1. The van der Waals surface area contributed by atoms with E-state index in [-0.39, 0.29) is 5.78 Å². The molecule has 3 heteroatoms. The van der Waals surface area contributed by atoms with Crippen molar-refractivity contribution in [1.82, 2.24) is 0 Å². The molecular formula is C14H14O3. The number of benzene rings is 1. The molecule has 0 atom stereocenters. The van der Waals surface area contributed by atoms with E-state index in [2.05, 4.69) is 0 Å². The first-order chi connectivity index (χ1) is 8.31. The van der Waals surface area contributed by atoms with Gasteiger partial charge in [0.1, 0.15) is 18.1 Å². The number of ketones is 1. The third kappa shape index (κ3) is 2.75. The zero-order valence-electron chi connectivity index (χ0n) is 9.68. The molecule has 1 heterocycles. The van der Waals surface area contributed by atoms with Gasteiger partial charge in [-0.2, -0.15) is 0 Å². The lowest BCUT2D eigenvalue weighted by molar-refractivity contribution is 0.0983. The van der Waals surface area contributed by atoms with Crippen LogP contribution in [0.15, 0.2) is 47.1 Å². The van der Waals surface area contributed by atoms with Crippen molar-refractivity contribution in [2.45, 2.75) is 20.0 Å². The Morgan fingerprint density at radius 3 is 2.76 bits per heavy atom. The third-order valence-corrected chi connectivity index (χ3v) is 2.46. The van der Waals surface area contributed by atoms with Crippen molar-refractivity contribution in [3.8, 4) is 5.75 Å². The van der Waals surface area contributed by atoms with Crippen LogP contribution in [0.1, 0.15) is 29.5 Å². The van der Waals surface area contributed by atoms with E-state index in [0.717, 1.165) is 5.76 Å². The zero-order valence-corrected chi connectivity index (χ0v) is 9.68. The normalized spacial score (nSPS) is 10.2. The van der Waals surface area contributed by atoms with E-state index in [1.165, 1.54) is 0 Å². The molecule has 0 aliphatic rings. The molecule has 1 aromatic heterocycles. The zero-order chi connectivity index (χ0) is 12.1. The summed E-state index contributed by atoms with van der Waals surface area (Å²) in [5.41, 5.74) is 0.626. The number of furan rings is 1. The predicted octanol–water partition coefficient (Wildman–Crippen LogP) is 3.45. The minimum atomic E-state index is 0.0834. The molecule has 0 N–H and O–H groups in total. The highest BCUT2D eigenvalue weighted by atomic mass is 16.5. The van der Waals surface area contributed by atoms with Gasteiger partial charge in [0.05, 0.1) is 11.8 Å². The molecule has 17 heavy (non-hydrogen) atoms. The van der Waals surface area contributed by atoms with Gasteiger partial charge in [-0.25, -0.2) is 0 Å². The van der Waals surface area contributed by atoms with Gasteiger partial charge in [-0.15, -0.1) is 0 Å². The van der Waals surface area contributed by atoms with Gasteiger partial charge in [0.15, 0.2) is 5.78 Å². The number of hydrogen-bond donors (Lipinski definition) is 0. The molecule has 0 bridgehead atoms. The van der Waals surface area contributed by atoms with Gasteiger partial charge in [0.25, 0.3) is 0 Å². The fourth-order valence-corrected chi connectivity index (χ4v) is 1.56. The van der Waals surface area contributed by atoms with Crippen LogP contribution < -0.4 is 4.74 Å². The number of ether oxygens (including phenoxy) is 1. The molecule has 0 saturated carbocycles. The maximum absolute atomic E-state index is 11.7. The van der Waals surface area contributed by atoms with E-state index >= 15 is 0 Å². The summed E-state index contributed by atoms with van der Waals surface area (Å²) in [5.74, 6) is 1.43. The first-order valence-corrected chi connectivity index (χ1v) is 5.58. The topological polar surface area (TPSA) is 39.4 Å². The van der Waals surface area contributed by atoms with Crippen LogP contribution in [0.25, 0.3) is 0 Å². The summed E-state index contributed by atoms with van der Waals surface area (Å²) in [6.45, 7) is 2.17. The Balaban J connectivity index is 2.12. The van der Waals surface area contributed by atoms with Crippen molar-refractivity contribution in [1.29, 1.82) is 0 Å². The van der Waals surface area contributed by atoms with Gasteiger partial charge in [-0.1, -0.05) is 19.1 Å². The molecule has 2 aromatic rings.